The highest BCUT2D eigenvalue weighted by atomic mass is 16.3. The zero-order valence-electron chi connectivity index (χ0n) is 90.7. The molecule has 3 aliphatic rings. The Morgan fingerprint density at radius 1 is 0.221 bits per heavy atom. The van der Waals surface area contributed by atoms with Crippen LogP contribution in [0.25, 0.3) is 99.5 Å². The molecule has 5 nitrogen and oxygen atoms in total. The molecule has 11 aromatic carbocycles. The Labute approximate surface area is 820 Å². The van der Waals surface area contributed by atoms with Crippen molar-refractivity contribution in [2.24, 2.45) is 0 Å². The predicted octanol–water partition coefficient (Wildman–Crippen LogP) is 37.8. The first-order chi connectivity index (χ1) is 62.7. The van der Waals surface area contributed by atoms with E-state index in [4.69, 9.17) is 8.83 Å². The van der Waals surface area contributed by atoms with Crippen molar-refractivity contribution in [3.63, 3.8) is 0 Å². The molecule has 4 aromatic heterocycles. The molecule has 0 radical (unpaired) electrons. The number of fused-ring (bicyclic) bond motifs is 14. The highest BCUT2D eigenvalue weighted by Gasteiger charge is 2.46. The van der Waals surface area contributed by atoms with Crippen LogP contribution in [0.2, 0.25) is 0 Å². The van der Waals surface area contributed by atoms with Gasteiger partial charge in [-0.1, -0.05) is 458 Å². The third kappa shape index (κ3) is 22.6. The summed E-state index contributed by atoms with van der Waals surface area (Å²) in [6, 6.07) is 86.1. The summed E-state index contributed by atoms with van der Waals surface area (Å²) in [5, 5.41) is 4.74. The zero-order chi connectivity index (χ0) is 100.0. The highest BCUT2D eigenvalue weighted by Crippen LogP contribution is 2.59. The Morgan fingerprint density at radius 3 is 1.07 bits per heavy atom. The van der Waals surface area contributed by atoms with E-state index in [0.29, 0.717) is 0 Å². The van der Waals surface area contributed by atoms with Crippen molar-refractivity contribution in [1.82, 2.24) is 15.0 Å². The van der Waals surface area contributed by atoms with E-state index in [2.05, 4.69) is 509 Å². The Bertz CT molecular complexity index is 6590. The van der Waals surface area contributed by atoms with Gasteiger partial charge in [-0.05, 0) is 249 Å². The van der Waals surface area contributed by atoms with Crippen LogP contribution in [0.1, 0.15) is 378 Å². The van der Waals surface area contributed by atoms with Crippen molar-refractivity contribution in [1.29, 1.82) is 0 Å². The molecule has 18 rings (SSSR count). The van der Waals surface area contributed by atoms with Crippen LogP contribution in [0.3, 0.4) is 0 Å². The predicted molar refractivity (Wildman–Crippen MR) is 590 cm³/mol. The SMILES string of the molecule is CC(C)(C)c1ccc(-c2ccc3oc4cc(C(C)(C)C)ccc4c3c2)cc1.CC(C)(C)c1ccc(C(C)(C)C)nc1.CC(C)(C)c1ccc2c(c1)C1(CCCC1)c1cc(C(C)(C)C)ccc1-2.CC(C)(C)c1ccc2c(c1)oc1cc(-c3ccccc3C(C)(C)C)ccc12.CC(C)(C)c1cccc(-c2ccc3c(c2)-c2cc(C(C)(C)C)ccc2C3(C)C)c1.CC(C)(C)c1cnc(C(C)(C)C)nc1. The number of furan rings is 2. The lowest BCUT2D eigenvalue weighted by atomic mass is 9.73. The van der Waals surface area contributed by atoms with Crippen LogP contribution in [0, 0.1) is 0 Å². The smallest absolute Gasteiger partial charge is 0.136 e. The summed E-state index contributed by atoms with van der Waals surface area (Å²) in [6.07, 6.45) is 11.2. The van der Waals surface area contributed by atoms with Gasteiger partial charge in [0.15, 0.2) is 0 Å². The maximum Gasteiger partial charge on any atom is 0.136 e. The van der Waals surface area contributed by atoms with Gasteiger partial charge in [0, 0.05) is 67.5 Å². The average molecular weight is 1810 g/mol. The molecule has 15 aromatic rings. The molecule has 0 aliphatic heterocycles. The number of rotatable bonds is 3. The molecule has 3 aliphatic carbocycles. The van der Waals surface area contributed by atoms with Crippen molar-refractivity contribution in [2.75, 3.05) is 0 Å². The first kappa shape index (κ1) is 103. The van der Waals surface area contributed by atoms with Gasteiger partial charge in [-0.3, -0.25) is 4.98 Å². The second kappa shape index (κ2) is 37.2. The molecular weight excluding hydrogens is 1650 g/mol. The molecule has 4 heterocycles. The third-order valence-corrected chi connectivity index (χ3v) is 28.5. The summed E-state index contributed by atoms with van der Waals surface area (Å²) in [6.45, 7) is 85.4. The molecule has 1 fully saturated rings. The van der Waals surface area contributed by atoms with Crippen molar-refractivity contribution >= 4 is 43.9 Å². The summed E-state index contributed by atoms with van der Waals surface area (Å²) < 4.78 is 12.4. The number of benzene rings is 11. The Hall–Kier alpha value is -10.8. The minimum absolute atomic E-state index is 0.0381. The molecule has 714 valence electrons. The lowest BCUT2D eigenvalue weighted by Gasteiger charge is -2.30. The zero-order valence-corrected chi connectivity index (χ0v) is 90.7. The van der Waals surface area contributed by atoms with E-state index in [1.807, 2.05) is 18.6 Å². The van der Waals surface area contributed by atoms with E-state index >= 15 is 0 Å². The maximum absolute atomic E-state index is 6.28. The van der Waals surface area contributed by atoms with Gasteiger partial charge in [-0.25, -0.2) is 9.97 Å². The first-order valence-corrected chi connectivity index (χ1v) is 50.4. The van der Waals surface area contributed by atoms with Crippen LogP contribution in [-0.4, -0.2) is 15.0 Å². The largest absolute Gasteiger partial charge is 0.456 e. The molecular formula is C131H163N3O2. The molecule has 0 unspecified atom stereocenters. The van der Waals surface area contributed by atoms with Gasteiger partial charge in [0.25, 0.3) is 0 Å². The fourth-order valence-electron chi connectivity index (χ4n) is 19.3. The molecule has 0 bridgehead atoms. The summed E-state index contributed by atoms with van der Waals surface area (Å²) in [5.74, 6) is 0.908. The van der Waals surface area contributed by atoms with Crippen LogP contribution in [0.5, 0.6) is 0 Å². The molecule has 1 saturated carbocycles. The summed E-state index contributed by atoms with van der Waals surface area (Å²) in [4.78, 5) is 13.3. The molecule has 0 saturated heterocycles. The fourth-order valence-corrected chi connectivity index (χ4v) is 19.3. The monoisotopic (exact) mass is 1810 g/mol. The molecule has 0 N–H and O–H groups in total. The highest BCUT2D eigenvalue weighted by molar-refractivity contribution is 6.07. The lowest BCUT2D eigenvalue weighted by molar-refractivity contribution is 0.532. The quantitative estimate of drug-likeness (QED) is 0.176. The summed E-state index contributed by atoms with van der Waals surface area (Å²) >= 11 is 0. The minimum Gasteiger partial charge on any atom is -0.456 e. The third-order valence-electron chi connectivity index (χ3n) is 28.5. The fraction of sp³-hybridized carbons (Fsp3) is 0.427. The Balaban J connectivity index is 0.000000141. The average Bonchev–Trinajstić information content (AvgIpc) is 1.55. The van der Waals surface area contributed by atoms with Gasteiger partial charge < -0.3 is 8.83 Å². The molecule has 1 spiro atoms. The van der Waals surface area contributed by atoms with Crippen LogP contribution in [0.15, 0.2) is 258 Å². The van der Waals surface area contributed by atoms with E-state index in [1.54, 1.807) is 11.1 Å². The van der Waals surface area contributed by atoms with E-state index < -0.39 is 0 Å². The van der Waals surface area contributed by atoms with E-state index in [-0.39, 0.29) is 75.8 Å². The van der Waals surface area contributed by atoms with Gasteiger partial charge in [-0.2, -0.15) is 0 Å². The van der Waals surface area contributed by atoms with Crippen LogP contribution in [-0.2, 0) is 75.8 Å². The summed E-state index contributed by atoms with van der Waals surface area (Å²) in [7, 11) is 0. The standard InChI is InChI=1S/C29H34.2C26H28O.C25H32.C13H21N.C12H20N2/c1-27(2,3)21-11-9-10-19(16-21)20-12-14-25-23(17-20)24-18-22(28(4,5)6)13-15-26(24)29(25,7)8;1-25(2,3)19-10-7-17(8-11-19)18-9-14-23-22(15-18)21-13-12-20(26(4,5)6)16-24(21)27-23;1-25(2,3)18-12-14-21-20-13-11-17(15-23(20)27-24(21)16-18)19-9-7-8-10-22(19)26(4,5)6;1-23(2,3)17-9-11-19-20-12-10-18(24(4,5)6)16-22(20)25(21(19)15-17)13-7-8-14-25;1-12(2,3)10-7-8-11(14-9-10)13(4,5)6;1-11(2,3)9-7-13-10(14-8-9)12(4,5)6/h9-18H,1-8H3;2*7-16H,1-6H3;9-12,15-16H,7-8,13-14H2,1-6H3;7-9H,1-6H3;7-8H,1-6H3. The van der Waals surface area contributed by atoms with E-state index in [9.17, 15) is 0 Å². The van der Waals surface area contributed by atoms with Gasteiger partial charge in [0.05, 0.1) is 0 Å². The Kier molecular flexibility index (Phi) is 28.1. The number of aromatic nitrogens is 3. The van der Waals surface area contributed by atoms with Crippen molar-refractivity contribution < 1.29 is 8.83 Å². The van der Waals surface area contributed by atoms with Crippen LogP contribution in [0.4, 0.5) is 0 Å². The van der Waals surface area contributed by atoms with Crippen molar-refractivity contribution in [3.05, 3.63) is 339 Å². The van der Waals surface area contributed by atoms with Crippen LogP contribution >= 0.6 is 0 Å². The topological polar surface area (TPSA) is 65.0 Å². The van der Waals surface area contributed by atoms with Gasteiger partial charge >= 0.3 is 0 Å². The van der Waals surface area contributed by atoms with Gasteiger partial charge in [0.1, 0.15) is 28.2 Å². The Morgan fingerprint density at radius 2 is 0.596 bits per heavy atom. The van der Waals surface area contributed by atoms with E-state index in [1.165, 1.54) is 170 Å². The second-order valence-electron chi connectivity index (χ2n) is 52.4. The molecule has 0 atom stereocenters. The van der Waals surface area contributed by atoms with E-state index in [0.717, 1.165) is 33.9 Å². The second-order valence-corrected chi connectivity index (χ2v) is 52.4. The normalized spacial score (nSPS) is 14.4. The van der Waals surface area contributed by atoms with Crippen LogP contribution < -0.4 is 0 Å². The number of nitrogens with zero attached hydrogens (tertiary/aromatic N) is 3. The summed E-state index contributed by atoms with van der Waals surface area (Å²) in [5.41, 5.74) is 40.1. The number of hydrogen-bond acceptors (Lipinski definition) is 5. The number of hydrogen-bond donors (Lipinski definition) is 0. The van der Waals surface area contributed by atoms with Gasteiger partial charge in [0.2, 0.25) is 0 Å². The van der Waals surface area contributed by atoms with Crippen molar-refractivity contribution in [3.8, 4) is 55.6 Å². The molecule has 136 heavy (non-hydrogen) atoms. The first-order valence-electron chi connectivity index (χ1n) is 50.4. The molecule has 5 heteroatoms. The minimum atomic E-state index is 0.0381. The lowest BCUT2D eigenvalue weighted by Crippen LogP contribution is -2.22. The molecule has 0 amide bonds. The number of pyridine rings is 1. The maximum atomic E-state index is 6.28. The van der Waals surface area contributed by atoms with Crippen molar-refractivity contribution in [2.45, 2.75) is 365 Å². The van der Waals surface area contributed by atoms with Gasteiger partial charge in [-0.15, -0.1) is 0 Å².